The second kappa shape index (κ2) is 14.6. The van der Waals surface area contributed by atoms with Crippen LogP contribution in [-0.4, -0.2) is 0 Å². The van der Waals surface area contributed by atoms with Crippen LogP contribution in [0, 0.1) is 5.92 Å². The van der Waals surface area contributed by atoms with E-state index >= 15 is 0 Å². The zero-order chi connectivity index (χ0) is 22.4. The highest BCUT2D eigenvalue weighted by Crippen LogP contribution is 2.38. The number of benzene rings is 2. The van der Waals surface area contributed by atoms with Gasteiger partial charge in [0.2, 0.25) is 0 Å². The smallest absolute Gasteiger partial charge is 0.0162 e. The molecule has 0 bridgehead atoms. The van der Waals surface area contributed by atoms with E-state index in [0.29, 0.717) is 0 Å². The Kier molecular flexibility index (Phi) is 11.4. The predicted molar refractivity (Wildman–Crippen MR) is 142 cm³/mol. The molecule has 0 saturated heterocycles. The average Bonchev–Trinajstić information content (AvgIpc) is 2.85. The highest BCUT2D eigenvalue weighted by atomic mass is 14.3. The monoisotopic (exact) mass is 432 g/mol. The Labute approximate surface area is 199 Å². The zero-order valence-electron chi connectivity index (χ0n) is 21.1. The van der Waals surface area contributed by atoms with E-state index in [4.69, 9.17) is 0 Å². The molecule has 0 radical (unpaired) electrons. The Balaban J connectivity index is 1.41. The van der Waals surface area contributed by atoms with E-state index in [2.05, 4.69) is 62.4 Å². The van der Waals surface area contributed by atoms with Crippen molar-refractivity contribution in [3.8, 4) is 11.1 Å². The molecule has 1 fully saturated rings. The quantitative estimate of drug-likeness (QED) is 0.260. The lowest BCUT2D eigenvalue weighted by Crippen LogP contribution is -2.13. The predicted octanol–water partition coefficient (Wildman–Crippen LogP) is 10.5. The summed E-state index contributed by atoms with van der Waals surface area (Å²) in [6.07, 6.45) is 22.3. The van der Waals surface area contributed by atoms with Gasteiger partial charge in [-0.3, -0.25) is 0 Å². The van der Waals surface area contributed by atoms with Gasteiger partial charge in [0.1, 0.15) is 0 Å². The first kappa shape index (κ1) is 25.1. The van der Waals surface area contributed by atoms with Gasteiger partial charge in [-0.05, 0) is 72.6 Å². The van der Waals surface area contributed by atoms with Gasteiger partial charge in [-0.1, -0.05) is 127 Å². The summed E-state index contributed by atoms with van der Waals surface area (Å²) in [7, 11) is 0. The number of aryl methyl sites for hydroxylation is 1. The Hall–Kier alpha value is -1.56. The first-order valence-electron chi connectivity index (χ1n) is 14.0. The van der Waals surface area contributed by atoms with Crippen LogP contribution in [0.25, 0.3) is 11.1 Å². The minimum atomic E-state index is 0.788. The van der Waals surface area contributed by atoms with E-state index in [1.807, 2.05) is 0 Å². The lowest BCUT2D eigenvalue weighted by molar-refractivity contribution is 0.303. The van der Waals surface area contributed by atoms with Crippen molar-refractivity contribution in [3.63, 3.8) is 0 Å². The fourth-order valence-electron chi connectivity index (χ4n) is 5.57. The summed E-state index contributed by atoms with van der Waals surface area (Å²) >= 11 is 0. The molecular formula is C32H48. The number of unbranched alkanes of at least 4 members (excludes halogenated alkanes) is 8. The molecule has 3 rings (SSSR count). The van der Waals surface area contributed by atoms with Gasteiger partial charge in [0.25, 0.3) is 0 Å². The number of hydrogen-bond acceptors (Lipinski definition) is 0. The second-order valence-electron chi connectivity index (χ2n) is 10.4. The highest BCUT2D eigenvalue weighted by Gasteiger charge is 2.22. The maximum atomic E-state index is 2.41. The zero-order valence-corrected chi connectivity index (χ0v) is 21.1. The van der Waals surface area contributed by atoms with E-state index in [1.54, 1.807) is 5.56 Å². The third-order valence-corrected chi connectivity index (χ3v) is 7.80. The van der Waals surface area contributed by atoms with Crippen LogP contribution in [0.15, 0.2) is 48.5 Å². The van der Waals surface area contributed by atoms with E-state index < -0.39 is 0 Å². The first-order valence-corrected chi connectivity index (χ1v) is 14.0. The molecule has 0 spiro atoms. The molecule has 0 aliphatic heterocycles. The van der Waals surface area contributed by atoms with Crippen molar-refractivity contribution in [1.29, 1.82) is 0 Å². The summed E-state index contributed by atoms with van der Waals surface area (Å²) in [5.41, 5.74) is 5.79. The van der Waals surface area contributed by atoms with Crippen LogP contribution in [0.5, 0.6) is 0 Å². The lowest BCUT2D eigenvalue weighted by Gasteiger charge is -2.29. The first-order chi connectivity index (χ1) is 15.8. The molecule has 2 aromatic rings. The SMILES string of the molecule is CCCCCCCCCc1ccc(-c2ccc([C@H]3CC[C@H](CCCCC)CC3)cc2)cc1. The van der Waals surface area contributed by atoms with Crippen LogP contribution in [0.1, 0.15) is 127 Å². The van der Waals surface area contributed by atoms with Gasteiger partial charge < -0.3 is 0 Å². The van der Waals surface area contributed by atoms with Gasteiger partial charge >= 0.3 is 0 Å². The largest absolute Gasteiger partial charge is 0.0654 e. The lowest BCUT2D eigenvalue weighted by atomic mass is 9.77. The van der Waals surface area contributed by atoms with Gasteiger partial charge in [0, 0.05) is 0 Å². The molecule has 176 valence electrons. The van der Waals surface area contributed by atoms with Crippen molar-refractivity contribution in [2.24, 2.45) is 5.92 Å². The molecule has 1 saturated carbocycles. The Morgan fingerprint density at radius 2 is 1.09 bits per heavy atom. The third kappa shape index (κ3) is 8.42. The molecule has 0 heterocycles. The van der Waals surface area contributed by atoms with Gasteiger partial charge in [-0.15, -0.1) is 0 Å². The summed E-state index contributed by atoms with van der Waals surface area (Å²) < 4.78 is 0. The maximum absolute atomic E-state index is 2.41. The van der Waals surface area contributed by atoms with Crippen molar-refractivity contribution < 1.29 is 0 Å². The molecule has 1 aliphatic carbocycles. The fraction of sp³-hybridized carbons (Fsp3) is 0.625. The van der Waals surface area contributed by atoms with Crippen molar-refractivity contribution in [3.05, 3.63) is 59.7 Å². The third-order valence-electron chi connectivity index (χ3n) is 7.80. The molecule has 0 amide bonds. The van der Waals surface area contributed by atoms with E-state index in [0.717, 1.165) is 11.8 Å². The minimum absolute atomic E-state index is 0.788. The highest BCUT2D eigenvalue weighted by molar-refractivity contribution is 5.64. The molecule has 0 atom stereocenters. The Morgan fingerprint density at radius 1 is 0.562 bits per heavy atom. The van der Waals surface area contributed by atoms with Crippen molar-refractivity contribution in [1.82, 2.24) is 0 Å². The standard InChI is InChI=1S/C32H48/c1-3-5-7-8-9-10-12-14-28-17-21-30(22-18-28)32-25-23-31(24-26-32)29-19-15-27(16-20-29)13-11-6-4-2/h17-18,21-27,29H,3-16,19-20H2,1-2H3/t27-,29-. The van der Waals surface area contributed by atoms with Crippen LogP contribution in [0.4, 0.5) is 0 Å². The van der Waals surface area contributed by atoms with E-state index in [-0.39, 0.29) is 0 Å². The summed E-state index contributed by atoms with van der Waals surface area (Å²) in [6, 6.07) is 18.9. The fourth-order valence-corrected chi connectivity index (χ4v) is 5.57. The molecule has 1 aliphatic rings. The van der Waals surface area contributed by atoms with Crippen LogP contribution in [0.2, 0.25) is 0 Å². The summed E-state index contributed by atoms with van der Waals surface area (Å²) in [6.45, 7) is 4.60. The summed E-state index contributed by atoms with van der Waals surface area (Å²) in [5, 5.41) is 0. The maximum Gasteiger partial charge on any atom is -0.0162 e. The molecule has 0 nitrogen and oxygen atoms in total. The molecule has 2 aromatic carbocycles. The van der Waals surface area contributed by atoms with Gasteiger partial charge in [-0.25, -0.2) is 0 Å². The van der Waals surface area contributed by atoms with Crippen LogP contribution in [0.3, 0.4) is 0 Å². The summed E-state index contributed by atoms with van der Waals surface area (Å²) in [4.78, 5) is 0. The Morgan fingerprint density at radius 3 is 1.72 bits per heavy atom. The summed E-state index contributed by atoms with van der Waals surface area (Å²) in [5.74, 6) is 1.78. The molecule has 0 heteroatoms. The average molecular weight is 433 g/mol. The topological polar surface area (TPSA) is 0 Å². The van der Waals surface area contributed by atoms with Gasteiger partial charge in [0.15, 0.2) is 0 Å². The molecule has 32 heavy (non-hydrogen) atoms. The van der Waals surface area contributed by atoms with Crippen LogP contribution in [-0.2, 0) is 6.42 Å². The normalized spacial score (nSPS) is 18.7. The van der Waals surface area contributed by atoms with Crippen molar-refractivity contribution in [2.45, 2.75) is 122 Å². The molecular weight excluding hydrogens is 384 g/mol. The molecule has 0 aromatic heterocycles. The Bertz CT molecular complexity index is 716. The number of hydrogen-bond donors (Lipinski definition) is 0. The van der Waals surface area contributed by atoms with Gasteiger partial charge in [-0.2, -0.15) is 0 Å². The van der Waals surface area contributed by atoms with E-state index in [1.165, 1.54) is 119 Å². The van der Waals surface area contributed by atoms with Crippen molar-refractivity contribution >= 4 is 0 Å². The molecule has 0 N–H and O–H groups in total. The van der Waals surface area contributed by atoms with Crippen LogP contribution < -0.4 is 0 Å². The number of rotatable bonds is 14. The second-order valence-corrected chi connectivity index (χ2v) is 10.4. The van der Waals surface area contributed by atoms with Crippen molar-refractivity contribution in [2.75, 3.05) is 0 Å². The van der Waals surface area contributed by atoms with E-state index in [9.17, 15) is 0 Å². The minimum Gasteiger partial charge on any atom is -0.0654 e. The van der Waals surface area contributed by atoms with Gasteiger partial charge in [0.05, 0.1) is 0 Å². The molecule has 0 unspecified atom stereocenters. The van der Waals surface area contributed by atoms with Crippen LogP contribution >= 0.6 is 0 Å².